The van der Waals surface area contributed by atoms with Crippen LogP contribution in [0.25, 0.3) is 54.2 Å². The van der Waals surface area contributed by atoms with Gasteiger partial charge >= 0.3 is 35.8 Å². The highest BCUT2D eigenvalue weighted by Gasteiger charge is 2.24. The summed E-state index contributed by atoms with van der Waals surface area (Å²) in [4.78, 5) is 78.1. The summed E-state index contributed by atoms with van der Waals surface area (Å²) in [5, 5.41) is 6.12. The van der Waals surface area contributed by atoms with Gasteiger partial charge in [-0.05, 0) is 166 Å². The summed E-state index contributed by atoms with van der Waals surface area (Å²) < 4.78 is 44.9. The minimum atomic E-state index is -0.701. The molecule has 0 atom stereocenters. The first-order chi connectivity index (χ1) is 38.7. The van der Waals surface area contributed by atoms with Gasteiger partial charge in [-0.3, -0.25) is 0 Å². The van der Waals surface area contributed by atoms with Gasteiger partial charge in [0.05, 0.1) is 22.3 Å². The van der Waals surface area contributed by atoms with Crippen LogP contribution in [0.2, 0.25) is 0 Å². The van der Waals surface area contributed by atoms with Crippen LogP contribution in [-0.4, -0.2) is 49.4 Å². The summed E-state index contributed by atoms with van der Waals surface area (Å²) in [5.74, 6) is -2.07. The van der Waals surface area contributed by atoms with Crippen LogP contribution in [0.4, 0.5) is 0 Å². The van der Waals surface area contributed by atoms with Crippen LogP contribution >= 0.6 is 0 Å². The zero-order chi connectivity index (χ0) is 55.9. The molecule has 0 radical (unpaired) electrons. The maximum Gasteiger partial charge on any atom is 0.343 e. The van der Waals surface area contributed by atoms with E-state index in [1.807, 2.05) is 60.7 Å². The Morgan fingerprint density at radius 3 is 1.06 bits per heavy atom. The number of hydrogen-bond acceptors (Lipinski definition) is 14. The van der Waals surface area contributed by atoms with Gasteiger partial charge in [0.1, 0.15) is 34.5 Å². The molecule has 0 fully saturated rings. The lowest BCUT2D eigenvalue weighted by Gasteiger charge is -2.19. The molecular weight excluding hydrogens is 1020 g/mol. The zero-order valence-electron chi connectivity index (χ0n) is 43.0. The van der Waals surface area contributed by atoms with E-state index in [9.17, 15) is 28.8 Å². The summed E-state index contributed by atoms with van der Waals surface area (Å²) in [5.41, 5.74) is 2.42. The molecular formula is C66H46O14. The first-order valence-corrected chi connectivity index (χ1v) is 24.9. The molecule has 0 heterocycles. The van der Waals surface area contributed by atoms with Crippen molar-refractivity contribution >= 4 is 78.9 Å². The van der Waals surface area contributed by atoms with Crippen LogP contribution in [0.3, 0.4) is 0 Å². The Bertz CT molecular complexity index is 3870. The largest absolute Gasteiger partial charge is 0.457 e. The molecule has 0 saturated heterocycles. The molecule has 0 aromatic heterocycles. The van der Waals surface area contributed by atoms with Gasteiger partial charge in [0, 0.05) is 22.3 Å². The van der Waals surface area contributed by atoms with Gasteiger partial charge in [-0.2, -0.15) is 0 Å². The number of rotatable bonds is 17. The predicted octanol–water partition coefficient (Wildman–Crippen LogP) is 13.8. The Kier molecular flexibility index (Phi) is 15.2. The molecule has 80 heavy (non-hydrogen) atoms. The van der Waals surface area contributed by atoms with E-state index in [1.165, 1.54) is 48.5 Å². The summed E-state index contributed by atoms with van der Waals surface area (Å²) in [6.45, 7) is 9.61. The highest BCUT2D eigenvalue weighted by atomic mass is 16.7. The molecule has 0 bridgehead atoms. The molecule has 394 valence electrons. The van der Waals surface area contributed by atoms with E-state index in [0.29, 0.717) is 33.4 Å². The normalized spacial score (nSPS) is 10.9. The van der Waals surface area contributed by atoms with Crippen molar-refractivity contribution < 1.29 is 66.7 Å². The van der Waals surface area contributed by atoms with Crippen molar-refractivity contribution in [1.29, 1.82) is 0 Å². The smallest absolute Gasteiger partial charge is 0.343 e. The van der Waals surface area contributed by atoms with Crippen LogP contribution in [0.5, 0.6) is 34.5 Å². The maximum absolute atomic E-state index is 14.1. The van der Waals surface area contributed by atoms with Crippen molar-refractivity contribution in [3.63, 3.8) is 0 Å². The van der Waals surface area contributed by atoms with Crippen molar-refractivity contribution in [3.05, 3.63) is 241 Å². The zero-order valence-corrected chi connectivity index (χ0v) is 43.0. The Morgan fingerprint density at radius 2 is 0.662 bits per heavy atom. The molecule has 0 saturated carbocycles. The Labute approximate surface area is 457 Å². The number of hydrogen-bond donors (Lipinski definition) is 0. The topological polar surface area (TPSA) is 176 Å². The summed E-state index contributed by atoms with van der Waals surface area (Å²) >= 11 is 0. The average molecular weight is 1060 g/mol. The van der Waals surface area contributed by atoms with E-state index < -0.39 is 35.8 Å². The van der Waals surface area contributed by atoms with Crippen molar-refractivity contribution in [3.8, 4) is 45.6 Å². The van der Waals surface area contributed by atoms with Crippen molar-refractivity contribution in [2.75, 3.05) is 13.6 Å². The van der Waals surface area contributed by atoms with Gasteiger partial charge in [-0.25, -0.2) is 28.8 Å². The van der Waals surface area contributed by atoms with Gasteiger partial charge in [-0.1, -0.05) is 98.1 Å². The minimum absolute atomic E-state index is 0.167. The number of esters is 6. The lowest BCUT2D eigenvalue weighted by Crippen LogP contribution is -2.12. The van der Waals surface area contributed by atoms with Crippen LogP contribution in [0.15, 0.2) is 218 Å². The number of carbonyl (C=O) groups is 6. The number of fused-ring (bicyclic) bond motifs is 4. The standard InChI is InChI=1S/C66H46O14/c1-39(2)61(67)75-37-73-53-29-21-45-33-49(15-13-47(45)35-53)65(71)77-51-25-17-43(18-26-51)63(69)79-57-31-23-41-9-5-7-11-55(41)59(57)60-56-12-8-6-10-42(56)24-32-58(60)80-64(70)44-19-27-52(28-20-44)78-66(72)50-16-14-48-36-54(30-22-46(48)34-50)74-38-76-62(68)40(3)4/h5-36H,1,3,37-38H2,2,4H3. The van der Waals surface area contributed by atoms with E-state index in [-0.39, 0.29) is 70.0 Å². The van der Waals surface area contributed by atoms with Gasteiger partial charge in [0.2, 0.25) is 13.6 Å². The van der Waals surface area contributed by atoms with Gasteiger partial charge in [0.15, 0.2) is 0 Å². The van der Waals surface area contributed by atoms with Crippen LogP contribution in [0.1, 0.15) is 55.3 Å². The second kappa shape index (κ2) is 23.2. The highest BCUT2D eigenvalue weighted by Crippen LogP contribution is 2.46. The average Bonchev–Trinajstić information content (AvgIpc) is 3.60. The van der Waals surface area contributed by atoms with E-state index in [1.54, 1.807) is 98.8 Å². The Morgan fingerprint density at radius 1 is 0.338 bits per heavy atom. The second-order valence-electron chi connectivity index (χ2n) is 18.3. The molecule has 0 unspecified atom stereocenters. The van der Waals surface area contributed by atoms with E-state index >= 15 is 0 Å². The van der Waals surface area contributed by atoms with Crippen LogP contribution < -0.4 is 28.4 Å². The third-order valence-corrected chi connectivity index (χ3v) is 12.7. The molecule has 10 rings (SSSR count). The molecule has 0 aliphatic carbocycles. The summed E-state index contributed by atoms with van der Waals surface area (Å²) in [6, 6.07) is 54.6. The predicted molar refractivity (Wildman–Crippen MR) is 300 cm³/mol. The van der Waals surface area contributed by atoms with E-state index in [2.05, 4.69) is 13.2 Å². The monoisotopic (exact) mass is 1060 g/mol. The third kappa shape index (κ3) is 11.9. The molecule has 0 aliphatic rings. The molecule has 0 N–H and O–H groups in total. The fraction of sp³-hybridized carbons (Fsp3) is 0.0606. The Hall–Kier alpha value is -10.9. The second-order valence-corrected chi connectivity index (χ2v) is 18.3. The van der Waals surface area contributed by atoms with Crippen molar-refractivity contribution in [1.82, 2.24) is 0 Å². The first-order valence-electron chi connectivity index (χ1n) is 24.9. The Balaban J connectivity index is 0.834. The maximum atomic E-state index is 14.1. The summed E-state index contributed by atoms with van der Waals surface area (Å²) in [7, 11) is 0. The fourth-order valence-electron chi connectivity index (χ4n) is 8.59. The molecule has 0 amide bonds. The first kappa shape index (κ1) is 52.6. The van der Waals surface area contributed by atoms with Gasteiger partial charge in [-0.15, -0.1) is 0 Å². The van der Waals surface area contributed by atoms with Crippen molar-refractivity contribution in [2.24, 2.45) is 0 Å². The van der Waals surface area contributed by atoms with Gasteiger partial charge < -0.3 is 37.9 Å². The lowest BCUT2D eigenvalue weighted by molar-refractivity contribution is -0.146. The molecule has 10 aromatic carbocycles. The van der Waals surface area contributed by atoms with Crippen LogP contribution in [0, 0.1) is 0 Å². The van der Waals surface area contributed by atoms with Gasteiger partial charge in [0.25, 0.3) is 0 Å². The molecule has 0 aliphatic heterocycles. The number of benzene rings is 10. The SMILES string of the molecule is C=C(C)C(=O)OCOc1ccc2cc(C(=O)Oc3ccc(C(=O)Oc4ccc5ccccc5c4-c4c(OC(=O)c5ccc(OC(=O)c6ccc7cc(OCOC(=O)C(=C)C)ccc7c6)cc5)ccc5ccccc45)cc3)ccc2c1. The molecule has 14 heteroatoms. The van der Waals surface area contributed by atoms with Crippen molar-refractivity contribution in [2.45, 2.75) is 13.8 Å². The lowest BCUT2D eigenvalue weighted by atomic mass is 9.92. The molecule has 14 nitrogen and oxygen atoms in total. The fourth-order valence-corrected chi connectivity index (χ4v) is 8.59. The minimum Gasteiger partial charge on any atom is -0.457 e. The highest BCUT2D eigenvalue weighted by molar-refractivity contribution is 6.11. The molecule has 0 spiro atoms. The third-order valence-electron chi connectivity index (χ3n) is 12.7. The summed E-state index contributed by atoms with van der Waals surface area (Å²) in [6.07, 6.45) is 0. The quantitative estimate of drug-likeness (QED) is 0.0364. The van der Waals surface area contributed by atoms with Crippen LogP contribution in [-0.2, 0) is 19.1 Å². The van der Waals surface area contributed by atoms with E-state index in [0.717, 1.165) is 32.3 Å². The number of carbonyl (C=O) groups excluding carboxylic acids is 6. The molecule has 10 aromatic rings. The number of ether oxygens (including phenoxy) is 8. The van der Waals surface area contributed by atoms with E-state index in [4.69, 9.17) is 37.9 Å².